The maximum atomic E-state index is 11.8. The zero-order valence-corrected chi connectivity index (χ0v) is 11.6. The Kier molecular flexibility index (Phi) is 4.80. The van der Waals surface area contributed by atoms with Crippen LogP contribution in [0, 0.1) is 6.92 Å². The molecule has 4 nitrogen and oxygen atoms in total. The number of carbonyl (C=O) groups is 1. The lowest BCUT2D eigenvalue weighted by molar-refractivity contribution is 0.111. The number of aryl methyl sites for hydroxylation is 1. The molecule has 4 heteroatoms. The molecule has 2 rings (SSSR count). The maximum Gasteiger partial charge on any atom is 0.315 e. The molecule has 1 aromatic carbocycles. The third kappa shape index (κ3) is 3.96. The van der Waals surface area contributed by atoms with Crippen LogP contribution in [0.2, 0.25) is 0 Å². The fourth-order valence-electron chi connectivity index (χ4n) is 2.41. The first-order valence-corrected chi connectivity index (χ1v) is 6.88. The lowest BCUT2D eigenvalue weighted by Crippen LogP contribution is -2.40. The number of amides is 2. The van der Waals surface area contributed by atoms with Gasteiger partial charge in [-0.15, -0.1) is 0 Å². The number of carbonyl (C=O) groups excluding carboxylic acids is 1. The van der Waals surface area contributed by atoms with Gasteiger partial charge in [0.1, 0.15) is 0 Å². The second-order valence-corrected chi connectivity index (χ2v) is 5.07. The number of urea groups is 1. The van der Waals surface area contributed by atoms with E-state index in [9.17, 15) is 4.79 Å². The molecule has 1 aliphatic rings. The Morgan fingerprint density at radius 3 is 2.95 bits per heavy atom. The highest BCUT2D eigenvalue weighted by Gasteiger charge is 2.17. The van der Waals surface area contributed by atoms with Gasteiger partial charge in [-0.3, -0.25) is 0 Å². The molecule has 2 unspecified atom stereocenters. The molecule has 1 aromatic rings. The van der Waals surface area contributed by atoms with Crippen molar-refractivity contribution in [3.8, 4) is 0 Å². The van der Waals surface area contributed by atoms with E-state index in [-0.39, 0.29) is 18.2 Å². The van der Waals surface area contributed by atoms with E-state index < -0.39 is 0 Å². The van der Waals surface area contributed by atoms with E-state index in [0.717, 1.165) is 25.0 Å². The summed E-state index contributed by atoms with van der Waals surface area (Å²) in [5.41, 5.74) is 2.34. The van der Waals surface area contributed by atoms with Crippen LogP contribution in [-0.4, -0.2) is 25.3 Å². The molecule has 2 N–H and O–H groups in total. The van der Waals surface area contributed by atoms with Gasteiger partial charge in [0.25, 0.3) is 0 Å². The van der Waals surface area contributed by atoms with Crippen molar-refractivity contribution in [3.63, 3.8) is 0 Å². The smallest absolute Gasteiger partial charge is 0.315 e. The van der Waals surface area contributed by atoms with Gasteiger partial charge in [0, 0.05) is 13.2 Å². The van der Waals surface area contributed by atoms with Crippen LogP contribution in [0.15, 0.2) is 24.3 Å². The molecule has 104 valence electrons. The fourth-order valence-corrected chi connectivity index (χ4v) is 2.41. The van der Waals surface area contributed by atoms with Gasteiger partial charge in [0.05, 0.1) is 12.1 Å². The van der Waals surface area contributed by atoms with Crippen LogP contribution in [0.4, 0.5) is 4.79 Å². The van der Waals surface area contributed by atoms with Gasteiger partial charge in [-0.05, 0) is 37.8 Å². The average molecular weight is 262 g/mol. The van der Waals surface area contributed by atoms with Crippen LogP contribution in [0.5, 0.6) is 0 Å². The minimum Gasteiger partial charge on any atom is -0.376 e. The molecule has 0 aromatic heterocycles. The highest BCUT2D eigenvalue weighted by Crippen LogP contribution is 2.16. The van der Waals surface area contributed by atoms with Gasteiger partial charge < -0.3 is 15.4 Å². The van der Waals surface area contributed by atoms with E-state index in [4.69, 9.17) is 4.74 Å². The van der Waals surface area contributed by atoms with E-state index in [1.54, 1.807) is 0 Å². The maximum absolute atomic E-state index is 11.8. The first-order valence-electron chi connectivity index (χ1n) is 6.88. The third-order valence-corrected chi connectivity index (χ3v) is 3.52. The summed E-state index contributed by atoms with van der Waals surface area (Å²) >= 11 is 0. The molecule has 1 aliphatic heterocycles. The Morgan fingerprint density at radius 2 is 2.26 bits per heavy atom. The van der Waals surface area contributed by atoms with Crippen molar-refractivity contribution >= 4 is 6.03 Å². The highest BCUT2D eigenvalue weighted by molar-refractivity contribution is 5.74. The topological polar surface area (TPSA) is 50.4 Å². The number of hydrogen-bond acceptors (Lipinski definition) is 2. The predicted octanol–water partition coefficient (Wildman–Crippen LogP) is 2.53. The fraction of sp³-hybridized carbons (Fsp3) is 0.533. The molecule has 2 atom stereocenters. The van der Waals surface area contributed by atoms with Crippen molar-refractivity contribution in [2.24, 2.45) is 0 Å². The number of ether oxygens (including phenoxy) is 1. The average Bonchev–Trinajstić information content (AvgIpc) is 2.90. The summed E-state index contributed by atoms with van der Waals surface area (Å²) in [5, 5.41) is 5.83. The van der Waals surface area contributed by atoms with Crippen LogP contribution in [0.25, 0.3) is 0 Å². The Bertz CT molecular complexity index is 428. The summed E-state index contributed by atoms with van der Waals surface area (Å²) in [4.78, 5) is 11.8. The van der Waals surface area contributed by atoms with Gasteiger partial charge in [0.2, 0.25) is 0 Å². The van der Waals surface area contributed by atoms with Gasteiger partial charge in [-0.2, -0.15) is 0 Å². The Hall–Kier alpha value is -1.55. The first kappa shape index (κ1) is 13.9. The first-order chi connectivity index (χ1) is 9.16. The Balaban J connectivity index is 1.79. The minimum atomic E-state index is -0.133. The molecular formula is C15H22N2O2. The van der Waals surface area contributed by atoms with Crippen molar-refractivity contribution in [1.29, 1.82) is 0 Å². The zero-order chi connectivity index (χ0) is 13.7. The summed E-state index contributed by atoms with van der Waals surface area (Å²) in [5.74, 6) is 0. The van der Waals surface area contributed by atoms with Crippen LogP contribution < -0.4 is 10.6 Å². The quantitative estimate of drug-likeness (QED) is 0.876. The second-order valence-electron chi connectivity index (χ2n) is 5.07. The van der Waals surface area contributed by atoms with Crippen LogP contribution in [0.3, 0.4) is 0 Å². The molecule has 0 saturated carbocycles. The molecule has 0 bridgehead atoms. The van der Waals surface area contributed by atoms with Gasteiger partial charge in [-0.25, -0.2) is 4.79 Å². The van der Waals surface area contributed by atoms with Gasteiger partial charge in [0.15, 0.2) is 0 Å². The monoisotopic (exact) mass is 262 g/mol. The van der Waals surface area contributed by atoms with E-state index in [0.29, 0.717) is 6.54 Å². The number of rotatable bonds is 4. The molecule has 1 saturated heterocycles. The lowest BCUT2D eigenvalue weighted by Gasteiger charge is -2.18. The molecular weight excluding hydrogens is 240 g/mol. The largest absolute Gasteiger partial charge is 0.376 e. The van der Waals surface area contributed by atoms with Crippen LogP contribution in [-0.2, 0) is 4.74 Å². The van der Waals surface area contributed by atoms with Gasteiger partial charge >= 0.3 is 6.03 Å². The predicted molar refractivity (Wildman–Crippen MR) is 75.1 cm³/mol. The highest BCUT2D eigenvalue weighted by atomic mass is 16.5. The van der Waals surface area contributed by atoms with Crippen molar-refractivity contribution in [3.05, 3.63) is 35.4 Å². The molecule has 19 heavy (non-hydrogen) atoms. The van der Waals surface area contributed by atoms with E-state index in [2.05, 4.69) is 23.6 Å². The van der Waals surface area contributed by atoms with Crippen LogP contribution >= 0.6 is 0 Å². The molecule has 0 spiro atoms. The number of hydrogen-bond donors (Lipinski definition) is 2. The van der Waals surface area contributed by atoms with Crippen molar-refractivity contribution in [1.82, 2.24) is 10.6 Å². The van der Waals surface area contributed by atoms with E-state index >= 15 is 0 Å². The number of benzene rings is 1. The summed E-state index contributed by atoms with van der Waals surface area (Å²) in [6.45, 7) is 5.45. The van der Waals surface area contributed by atoms with Crippen molar-refractivity contribution < 1.29 is 9.53 Å². The Labute approximate surface area is 114 Å². The van der Waals surface area contributed by atoms with Crippen molar-refractivity contribution in [2.75, 3.05) is 13.2 Å². The summed E-state index contributed by atoms with van der Waals surface area (Å²) < 4.78 is 5.47. The van der Waals surface area contributed by atoms with E-state index in [1.165, 1.54) is 5.56 Å². The Morgan fingerprint density at radius 1 is 1.47 bits per heavy atom. The molecule has 2 amide bonds. The standard InChI is InChI=1S/C15H22N2O2/c1-11-6-3-4-8-14(11)12(2)17-15(18)16-10-13-7-5-9-19-13/h3-4,6,8,12-13H,5,7,9-10H2,1-2H3,(H2,16,17,18). The lowest BCUT2D eigenvalue weighted by atomic mass is 10.0. The second kappa shape index (κ2) is 6.57. The summed E-state index contributed by atoms with van der Waals surface area (Å²) in [6, 6.07) is 7.96. The summed E-state index contributed by atoms with van der Waals surface area (Å²) in [6.07, 6.45) is 2.31. The normalized spacial score (nSPS) is 20.0. The molecule has 0 radical (unpaired) electrons. The third-order valence-electron chi connectivity index (χ3n) is 3.52. The minimum absolute atomic E-state index is 0.00527. The molecule has 1 heterocycles. The SMILES string of the molecule is Cc1ccccc1C(C)NC(=O)NCC1CCCO1. The van der Waals surface area contributed by atoms with Gasteiger partial charge in [-0.1, -0.05) is 24.3 Å². The molecule has 0 aliphatic carbocycles. The number of nitrogens with one attached hydrogen (secondary N) is 2. The molecule has 1 fully saturated rings. The van der Waals surface area contributed by atoms with E-state index in [1.807, 2.05) is 25.1 Å². The summed E-state index contributed by atoms with van der Waals surface area (Å²) in [7, 11) is 0. The van der Waals surface area contributed by atoms with Crippen LogP contribution in [0.1, 0.15) is 36.9 Å². The van der Waals surface area contributed by atoms with Crippen molar-refractivity contribution in [2.45, 2.75) is 38.8 Å². The zero-order valence-electron chi connectivity index (χ0n) is 11.6.